The average Bonchev–Trinajstić information content (AvgIpc) is 1.97. The molecule has 0 fully saturated rings. The standard InChI is InChI=1S/C6H7Cl3N2OS/c1-11(5(10)13)3-2-4(12)6(7,8)9/h2-3H,1H3,(H2,10,13)/b3-2+. The van der Waals surface area contributed by atoms with E-state index in [4.69, 9.17) is 40.5 Å². The Hall–Kier alpha value is -0.0300. The Balaban J connectivity index is 4.29. The summed E-state index contributed by atoms with van der Waals surface area (Å²) in [6, 6.07) is 0. The molecule has 0 saturated heterocycles. The van der Waals surface area contributed by atoms with Gasteiger partial charge in [0.05, 0.1) is 0 Å². The van der Waals surface area contributed by atoms with Gasteiger partial charge in [0.25, 0.3) is 3.79 Å². The Morgan fingerprint density at radius 1 is 1.54 bits per heavy atom. The normalized spacial score (nSPS) is 11.7. The molecule has 7 heteroatoms. The second kappa shape index (κ2) is 5.00. The average molecular weight is 262 g/mol. The molecule has 2 N–H and O–H groups in total. The van der Waals surface area contributed by atoms with Gasteiger partial charge in [-0.25, -0.2) is 0 Å². The van der Waals surface area contributed by atoms with E-state index in [9.17, 15) is 4.79 Å². The molecule has 13 heavy (non-hydrogen) atoms. The maximum absolute atomic E-state index is 11.0. The summed E-state index contributed by atoms with van der Waals surface area (Å²) < 4.78 is -1.94. The highest BCUT2D eigenvalue weighted by molar-refractivity contribution is 7.80. The number of hydrogen-bond donors (Lipinski definition) is 1. The molecule has 0 aliphatic heterocycles. The Kier molecular flexibility index (Phi) is 4.99. The molecule has 0 radical (unpaired) electrons. The van der Waals surface area contributed by atoms with Gasteiger partial charge < -0.3 is 10.6 Å². The fraction of sp³-hybridized carbons (Fsp3) is 0.333. The highest BCUT2D eigenvalue weighted by atomic mass is 35.6. The van der Waals surface area contributed by atoms with Crippen molar-refractivity contribution in [2.24, 2.45) is 5.73 Å². The second-order valence-corrected chi connectivity index (χ2v) is 4.83. The molecule has 0 amide bonds. The first kappa shape index (κ1) is 13.0. The summed E-state index contributed by atoms with van der Waals surface area (Å²) in [5.74, 6) is -0.652. The number of halogens is 3. The van der Waals surface area contributed by atoms with Gasteiger partial charge in [0.1, 0.15) is 0 Å². The van der Waals surface area contributed by atoms with Gasteiger partial charge in [-0.2, -0.15) is 0 Å². The number of carbonyl (C=O) groups excluding carboxylic acids is 1. The van der Waals surface area contributed by atoms with Gasteiger partial charge in [0.15, 0.2) is 5.11 Å². The number of carbonyl (C=O) groups is 1. The Bertz CT molecular complexity index is 249. The predicted molar refractivity (Wildman–Crippen MR) is 59.0 cm³/mol. The largest absolute Gasteiger partial charge is 0.376 e. The lowest BCUT2D eigenvalue weighted by Gasteiger charge is -2.10. The van der Waals surface area contributed by atoms with Gasteiger partial charge in [-0.3, -0.25) is 4.79 Å². The highest BCUT2D eigenvalue weighted by Gasteiger charge is 2.27. The zero-order valence-electron chi connectivity index (χ0n) is 6.63. The van der Waals surface area contributed by atoms with Crippen LogP contribution in [0.4, 0.5) is 0 Å². The van der Waals surface area contributed by atoms with Crippen LogP contribution in [0.1, 0.15) is 0 Å². The lowest BCUT2D eigenvalue weighted by atomic mass is 10.4. The topological polar surface area (TPSA) is 46.3 Å². The van der Waals surface area contributed by atoms with Crippen LogP contribution < -0.4 is 5.73 Å². The first-order chi connectivity index (χ1) is 5.75. The van der Waals surface area contributed by atoms with Gasteiger partial charge in [0.2, 0.25) is 5.78 Å². The van der Waals surface area contributed by atoms with Crippen LogP contribution in [0.3, 0.4) is 0 Å². The van der Waals surface area contributed by atoms with Crippen LogP contribution >= 0.6 is 47.0 Å². The zero-order chi connectivity index (χ0) is 10.6. The van der Waals surface area contributed by atoms with E-state index in [1.54, 1.807) is 7.05 Å². The summed E-state index contributed by atoms with van der Waals surface area (Å²) in [4.78, 5) is 12.3. The van der Waals surface area contributed by atoms with Gasteiger partial charge in [-0.05, 0) is 12.2 Å². The molecule has 0 spiro atoms. The highest BCUT2D eigenvalue weighted by Crippen LogP contribution is 2.27. The lowest BCUT2D eigenvalue weighted by Crippen LogP contribution is -2.27. The van der Waals surface area contributed by atoms with Crippen LogP contribution in [0.25, 0.3) is 0 Å². The number of allylic oxidation sites excluding steroid dienone is 1. The van der Waals surface area contributed by atoms with Gasteiger partial charge in [-0.1, -0.05) is 34.8 Å². The molecule has 0 bridgehead atoms. The van der Waals surface area contributed by atoms with Crippen LogP contribution in [0, 0.1) is 0 Å². The van der Waals surface area contributed by atoms with E-state index in [0.717, 1.165) is 6.08 Å². The molecular weight excluding hydrogens is 255 g/mol. The van der Waals surface area contributed by atoms with Gasteiger partial charge in [-0.15, -0.1) is 0 Å². The van der Waals surface area contributed by atoms with Crippen LogP contribution in [-0.4, -0.2) is 26.6 Å². The van der Waals surface area contributed by atoms with Crippen molar-refractivity contribution >= 4 is 57.9 Å². The summed E-state index contributed by atoms with van der Waals surface area (Å²) in [7, 11) is 1.57. The number of thiocarbonyl (C=S) groups is 1. The predicted octanol–water partition coefficient (Wildman–Crippen LogP) is 1.61. The third kappa shape index (κ3) is 5.31. The minimum absolute atomic E-state index is 0.119. The molecule has 0 aromatic rings. The molecule has 0 aliphatic rings. The number of alkyl halides is 3. The minimum atomic E-state index is -1.94. The van der Waals surface area contributed by atoms with Crippen LogP contribution in [0.2, 0.25) is 0 Å². The molecule has 0 aromatic carbocycles. The summed E-state index contributed by atoms with van der Waals surface area (Å²) in [6.45, 7) is 0. The van der Waals surface area contributed by atoms with E-state index in [2.05, 4.69) is 12.2 Å². The lowest BCUT2D eigenvalue weighted by molar-refractivity contribution is -0.113. The number of nitrogens with zero attached hydrogens (tertiary/aromatic N) is 1. The molecule has 0 rings (SSSR count). The molecular formula is C6H7Cl3N2OS. The molecule has 0 saturated carbocycles. The monoisotopic (exact) mass is 260 g/mol. The van der Waals surface area contributed by atoms with Gasteiger partial charge >= 0.3 is 0 Å². The Morgan fingerprint density at radius 3 is 2.31 bits per heavy atom. The first-order valence-corrected chi connectivity index (χ1v) is 4.61. The van der Waals surface area contributed by atoms with Crippen molar-refractivity contribution in [2.45, 2.75) is 3.79 Å². The van der Waals surface area contributed by atoms with E-state index in [-0.39, 0.29) is 5.11 Å². The molecule has 0 unspecified atom stereocenters. The van der Waals surface area contributed by atoms with E-state index >= 15 is 0 Å². The van der Waals surface area contributed by atoms with Crippen molar-refractivity contribution < 1.29 is 4.79 Å². The Labute approximate surface area is 96.4 Å². The maximum atomic E-state index is 11.0. The Morgan fingerprint density at radius 2 is 2.00 bits per heavy atom. The molecule has 0 aromatic heterocycles. The van der Waals surface area contributed by atoms with E-state index in [1.165, 1.54) is 11.1 Å². The summed E-state index contributed by atoms with van der Waals surface area (Å²) in [5.41, 5.74) is 5.23. The fourth-order valence-electron chi connectivity index (χ4n) is 0.347. The van der Waals surface area contributed by atoms with Gasteiger partial charge in [0, 0.05) is 19.3 Å². The fourth-order valence-corrected chi connectivity index (χ4v) is 0.597. The van der Waals surface area contributed by atoms with Crippen molar-refractivity contribution in [3.05, 3.63) is 12.3 Å². The number of nitrogens with two attached hydrogens (primary N) is 1. The van der Waals surface area contributed by atoms with E-state index in [0.29, 0.717) is 0 Å². The second-order valence-electron chi connectivity index (χ2n) is 2.13. The maximum Gasteiger partial charge on any atom is 0.252 e. The SMILES string of the molecule is CN(/C=C/C(=O)C(Cl)(Cl)Cl)C(N)=S. The smallest absolute Gasteiger partial charge is 0.252 e. The molecule has 74 valence electrons. The van der Waals surface area contributed by atoms with Crippen molar-refractivity contribution in [1.29, 1.82) is 0 Å². The summed E-state index contributed by atoms with van der Waals surface area (Å²) in [5, 5.41) is 0.119. The molecule has 0 heterocycles. The minimum Gasteiger partial charge on any atom is -0.376 e. The van der Waals surface area contributed by atoms with Crippen LogP contribution in [0.15, 0.2) is 12.3 Å². The quantitative estimate of drug-likeness (QED) is 0.466. The van der Waals surface area contributed by atoms with Crippen molar-refractivity contribution in [2.75, 3.05) is 7.05 Å². The first-order valence-electron chi connectivity index (χ1n) is 3.06. The van der Waals surface area contributed by atoms with E-state index in [1.807, 2.05) is 0 Å². The summed E-state index contributed by atoms with van der Waals surface area (Å²) >= 11 is 20.5. The molecule has 0 atom stereocenters. The summed E-state index contributed by atoms with van der Waals surface area (Å²) in [6.07, 6.45) is 2.42. The number of hydrogen-bond acceptors (Lipinski definition) is 2. The van der Waals surface area contributed by atoms with Crippen molar-refractivity contribution in [3.8, 4) is 0 Å². The van der Waals surface area contributed by atoms with Crippen molar-refractivity contribution in [3.63, 3.8) is 0 Å². The van der Waals surface area contributed by atoms with E-state index < -0.39 is 9.58 Å². The van der Waals surface area contributed by atoms with Crippen LogP contribution in [0.5, 0.6) is 0 Å². The number of ketones is 1. The zero-order valence-corrected chi connectivity index (χ0v) is 9.71. The third-order valence-corrected chi connectivity index (χ3v) is 1.92. The van der Waals surface area contributed by atoms with Crippen LogP contribution in [-0.2, 0) is 4.79 Å². The van der Waals surface area contributed by atoms with Crippen molar-refractivity contribution in [1.82, 2.24) is 4.90 Å². The number of rotatable bonds is 2. The molecule has 0 aliphatic carbocycles. The molecule has 3 nitrogen and oxygen atoms in total. The third-order valence-electron chi connectivity index (χ3n) is 1.08.